The topological polar surface area (TPSA) is 55.8 Å². The van der Waals surface area contributed by atoms with Gasteiger partial charge in [0.1, 0.15) is 0 Å². The number of hydrogen-bond donors (Lipinski definition) is 1. The van der Waals surface area contributed by atoms with Crippen LogP contribution in [0.1, 0.15) is 25.3 Å². The smallest absolute Gasteiger partial charge is 0.307 e. The fraction of sp³-hybridized carbons (Fsp3) is 0.500. The summed E-state index contributed by atoms with van der Waals surface area (Å²) in [6.07, 6.45) is 2.48. The van der Waals surface area contributed by atoms with Crippen LogP contribution in [0, 0.1) is 5.92 Å². The Balaban J connectivity index is 2.08. The van der Waals surface area contributed by atoms with Crippen LogP contribution in [-0.4, -0.2) is 24.3 Å². The third-order valence-electron chi connectivity index (χ3n) is 2.83. The first-order valence-corrected chi connectivity index (χ1v) is 6.29. The van der Waals surface area contributed by atoms with Crippen molar-refractivity contribution >= 4 is 5.97 Å². The van der Waals surface area contributed by atoms with Gasteiger partial charge in [-0.25, -0.2) is 0 Å². The summed E-state index contributed by atoms with van der Waals surface area (Å²) < 4.78 is 11.2. The predicted octanol–water partition coefficient (Wildman–Crippen LogP) is 2.50. The maximum absolute atomic E-state index is 10.7. The highest BCUT2D eigenvalue weighted by molar-refractivity contribution is 5.70. The minimum absolute atomic E-state index is 0.00296. The molecule has 0 unspecified atom stereocenters. The van der Waals surface area contributed by atoms with Gasteiger partial charge in [-0.15, -0.1) is 0 Å². The maximum Gasteiger partial charge on any atom is 0.307 e. The van der Waals surface area contributed by atoms with E-state index in [1.54, 1.807) is 18.2 Å². The number of carboxylic acid groups (broad SMARTS) is 1. The van der Waals surface area contributed by atoms with Crippen molar-refractivity contribution in [1.29, 1.82) is 0 Å². The summed E-state index contributed by atoms with van der Waals surface area (Å²) in [5.41, 5.74) is 0.727. The van der Waals surface area contributed by atoms with E-state index in [1.165, 1.54) is 12.8 Å². The second-order valence-corrected chi connectivity index (χ2v) is 4.54. The van der Waals surface area contributed by atoms with Crippen molar-refractivity contribution < 1.29 is 19.4 Å². The Morgan fingerprint density at radius 1 is 1.33 bits per heavy atom. The summed E-state index contributed by atoms with van der Waals surface area (Å²) in [6, 6.07) is 5.32. The Morgan fingerprint density at radius 3 is 2.72 bits per heavy atom. The number of hydrogen-bond acceptors (Lipinski definition) is 3. The third-order valence-corrected chi connectivity index (χ3v) is 2.83. The molecule has 98 valence electrons. The zero-order valence-corrected chi connectivity index (χ0v) is 10.5. The van der Waals surface area contributed by atoms with Crippen LogP contribution in [0.15, 0.2) is 18.2 Å². The number of benzene rings is 1. The molecule has 4 nitrogen and oxygen atoms in total. The van der Waals surface area contributed by atoms with Gasteiger partial charge in [0.05, 0.1) is 19.6 Å². The SMILES string of the molecule is CCOc1cc(CC(=O)O)ccc1OCC1CC1. The summed E-state index contributed by atoms with van der Waals surface area (Å²) in [5, 5.41) is 8.77. The van der Waals surface area contributed by atoms with Gasteiger partial charge < -0.3 is 14.6 Å². The second kappa shape index (κ2) is 5.76. The summed E-state index contributed by atoms with van der Waals surface area (Å²) in [4.78, 5) is 10.7. The van der Waals surface area contributed by atoms with E-state index in [0.717, 1.165) is 12.2 Å². The Kier molecular flexibility index (Phi) is 4.07. The zero-order valence-electron chi connectivity index (χ0n) is 10.5. The monoisotopic (exact) mass is 250 g/mol. The molecular weight excluding hydrogens is 232 g/mol. The fourth-order valence-corrected chi connectivity index (χ4v) is 1.72. The standard InChI is InChI=1S/C14H18O4/c1-2-17-13-7-11(8-14(15)16)5-6-12(13)18-9-10-3-4-10/h5-7,10H,2-4,8-9H2,1H3,(H,15,16). The van der Waals surface area contributed by atoms with Crippen LogP contribution in [-0.2, 0) is 11.2 Å². The van der Waals surface area contributed by atoms with E-state index in [1.807, 2.05) is 6.92 Å². The second-order valence-electron chi connectivity index (χ2n) is 4.54. The first kappa shape index (κ1) is 12.7. The van der Waals surface area contributed by atoms with Gasteiger partial charge in [0.15, 0.2) is 11.5 Å². The lowest BCUT2D eigenvalue weighted by Crippen LogP contribution is -2.04. The van der Waals surface area contributed by atoms with Gasteiger partial charge in [0.2, 0.25) is 0 Å². The van der Waals surface area contributed by atoms with E-state index in [2.05, 4.69) is 0 Å². The van der Waals surface area contributed by atoms with Gasteiger partial charge in [-0.05, 0) is 43.4 Å². The molecule has 0 spiro atoms. The van der Waals surface area contributed by atoms with Crippen molar-refractivity contribution in [2.75, 3.05) is 13.2 Å². The molecule has 0 aromatic heterocycles. The summed E-state index contributed by atoms with van der Waals surface area (Å²) in [5.74, 6) is 1.18. The van der Waals surface area contributed by atoms with Gasteiger partial charge in [-0.1, -0.05) is 6.07 Å². The molecule has 1 saturated carbocycles. The van der Waals surface area contributed by atoms with E-state index in [4.69, 9.17) is 14.6 Å². The minimum Gasteiger partial charge on any atom is -0.490 e. The first-order chi connectivity index (χ1) is 8.69. The molecule has 18 heavy (non-hydrogen) atoms. The average molecular weight is 250 g/mol. The quantitative estimate of drug-likeness (QED) is 0.807. The van der Waals surface area contributed by atoms with Crippen molar-refractivity contribution in [2.24, 2.45) is 5.92 Å². The Labute approximate surface area is 107 Å². The van der Waals surface area contributed by atoms with Crippen LogP contribution in [0.2, 0.25) is 0 Å². The Bertz CT molecular complexity index is 424. The Hall–Kier alpha value is -1.71. The average Bonchev–Trinajstić information content (AvgIpc) is 3.11. The molecule has 1 aromatic rings. The molecule has 0 saturated heterocycles. The van der Waals surface area contributed by atoms with Gasteiger partial charge in [-0.3, -0.25) is 4.79 Å². The number of ether oxygens (including phenoxy) is 2. The summed E-state index contributed by atoms with van der Waals surface area (Å²) >= 11 is 0. The van der Waals surface area contributed by atoms with Crippen LogP contribution in [0.4, 0.5) is 0 Å². The van der Waals surface area contributed by atoms with E-state index in [9.17, 15) is 4.79 Å². The van der Waals surface area contributed by atoms with Crippen LogP contribution >= 0.6 is 0 Å². The molecule has 1 aliphatic carbocycles. The van der Waals surface area contributed by atoms with Gasteiger partial charge in [0, 0.05) is 0 Å². The molecule has 1 aliphatic rings. The van der Waals surface area contributed by atoms with Crippen molar-refractivity contribution in [3.63, 3.8) is 0 Å². The van der Waals surface area contributed by atoms with Gasteiger partial charge >= 0.3 is 5.97 Å². The Morgan fingerprint density at radius 2 is 2.11 bits per heavy atom. The molecule has 1 N–H and O–H groups in total. The van der Waals surface area contributed by atoms with E-state index in [-0.39, 0.29) is 6.42 Å². The van der Waals surface area contributed by atoms with Crippen molar-refractivity contribution in [3.8, 4) is 11.5 Å². The first-order valence-electron chi connectivity index (χ1n) is 6.29. The third kappa shape index (κ3) is 3.65. The molecule has 0 heterocycles. The summed E-state index contributed by atoms with van der Waals surface area (Å²) in [7, 11) is 0. The van der Waals surface area contributed by atoms with Gasteiger partial charge in [0.25, 0.3) is 0 Å². The number of rotatable bonds is 7. The number of aliphatic carboxylic acids is 1. The minimum atomic E-state index is -0.843. The van der Waals surface area contributed by atoms with E-state index < -0.39 is 5.97 Å². The van der Waals surface area contributed by atoms with Crippen LogP contribution < -0.4 is 9.47 Å². The fourth-order valence-electron chi connectivity index (χ4n) is 1.72. The summed E-state index contributed by atoms with van der Waals surface area (Å²) in [6.45, 7) is 3.16. The van der Waals surface area contributed by atoms with E-state index in [0.29, 0.717) is 24.0 Å². The molecule has 0 radical (unpaired) electrons. The molecule has 4 heteroatoms. The van der Waals surface area contributed by atoms with Crippen LogP contribution in [0.5, 0.6) is 11.5 Å². The zero-order chi connectivity index (χ0) is 13.0. The molecule has 1 fully saturated rings. The lowest BCUT2D eigenvalue weighted by atomic mass is 10.1. The molecule has 1 aromatic carbocycles. The highest BCUT2D eigenvalue weighted by atomic mass is 16.5. The molecule has 0 amide bonds. The highest BCUT2D eigenvalue weighted by Crippen LogP contribution is 2.33. The van der Waals surface area contributed by atoms with E-state index >= 15 is 0 Å². The largest absolute Gasteiger partial charge is 0.490 e. The lowest BCUT2D eigenvalue weighted by molar-refractivity contribution is -0.136. The lowest BCUT2D eigenvalue weighted by Gasteiger charge is -2.12. The molecule has 0 bridgehead atoms. The number of carbonyl (C=O) groups is 1. The molecular formula is C14H18O4. The van der Waals surface area contributed by atoms with Crippen molar-refractivity contribution in [2.45, 2.75) is 26.2 Å². The van der Waals surface area contributed by atoms with Crippen molar-refractivity contribution in [3.05, 3.63) is 23.8 Å². The molecule has 0 aliphatic heterocycles. The maximum atomic E-state index is 10.7. The number of carboxylic acids is 1. The molecule has 0 atom stereocenters. The van der Waals surface area contributed by atoms with Crippen molar-refractivity contribution in [1.82, 2.24) is 0 Å². The normalized spacial score (nSPS) is 14.3. The predicted molar refractivity (Wildman–Crippen MR) is 67.2 cm³/mol. The van der Waals surface area contributed by atoms with Crippen LogP contribution in [0.3, 0.4) is 0 Å². The molecule has 2 rings (SSSR count). The highest BCUT2D eigenvalue weighted by Gasteiger charge is 2.22. The van der Waals surface area contributed by atoms with Gasteiger partial charge in [-0.2, -0.15) is 0 Å². The van der Waals surface area contributed by atoms with Crippen LogP contribution in [0.25, 0.3) is 0 Å².